The molecule has 1 aliphatic carbocycles. The van der Waals surface area contributed by atoms with Gasteiger partial charge in [0, 0.05) is 29.5 Å². The van der Waals surface area contributed by atoms with Crippen molar-refractivity contribution in [1.29, 1.82) is 0 Å². The Morgan fingerprint density at radius 1 is 1.05 bits per heavy atom. The lowest BCUT2D eigenvalue weighted by molar-refractivity contribution is -0.115. The Balaban J connectivity index is 2.16. The van der Waals surface area contributed by atoms with Crippen LogP contribution < -0.4 is 5.32 Å². The first-order valence-electron chi connectivity index (χ1n) is 6.48. The van der Waals surface area contributed by atoms with E-state index in [1.807, 2.05) is 24.3 Å². The van der Waals surface area contributed by atoms with Crippen LogP contribution in [0.3, 0.4) is 0 Å². The molecule has 0 bridgehead atoms. The van der Waals surface area contributed by atoms with Gasteiger partial charge in [-0.1, -0.05) is 12.1 Å². The molecule has 0 unspecified atom stereocenters. The maximum absolute atomic E-state index is 12.1. The van der Waals surface area contributed by atoms with Crippen molar-refractivity contribution in [3.63, 3.8) is 0 Å². The summed E-state index contributed by atoms with van der Waals surface area (Å²) in [4.78, 5) is 23.8. The van der Waals surface area contributed by atoms with Gasteiger partial charge < -0.3 is 10.4 Å². The molecule has 2 N–H and O–H groups in total. The summed E-state index contributed by atoms with van der Waals surface area (Å²) in [6.07, 6.45) is 1.94. The van der Waals surface area contributed by atoms with E-state index in [1.165, 1.54) is 6.08 Å². The van der Waals surface area contributed by atoms with Crippen molar-refractivity contribution in [2.45, 2.75) is 20.3 Å². The van der Waals surface area contributed by atoms with Crippen molar-refractivity contribution >= 4 is 17.3 Å². The van der Waals surface area contributed by atoms with Crippen molar-refractivity contribution in [2.75, 3.05) is 11.9 Å². The van der Waals surface area contributed by atoms with Gasteiger partial charge in [0.05, 0.1) is 5.70 Å². The molecule has 4 nitrogen and oxygen atoms in total. The molecule has 0 radical (unpaired) electrons. The predicted molar refractivity (Wildman–Crippen MR) is 77.3 cm³/mol. The molecule has 1 aromatic rings. The maximum atomic E-state index is 12.1. The second kappa shape index (κ2) is 5.84. The van der Waals surface area contributed by atoms with Crippen molar-refractivity contribution in [1.82, 2.24) is 0 Å². The number of Topliss-reactive ketones (excluding diaryl/α,β-unsaturated/α-hetero) is 1. The molecular weight excluding hydrogens is 254 g/mol. The van der Waals surface area contributed by atoms with E-state index >= 15 is 0 Å². The molecule has 0 aromatic heterocycles. The van der Waals surface area contributed by atoms with Crippen LogP contribution in [-0.4, -0.2) is 23.3 Å². The number of aliphatic hydroxyl groups is 1. The fraction of sp³-hybridized carbons (Fsp3) is 0.250. The molecular formula is C16H17NO3. The highest BCUT2D eigenvalue weighted by Gasteiger charge is 2.22. The molecule has 1 aliphatic rings. The zero-order chi connectivity index (χ0) is 14.7. The van der Waals surface area contributed by atoms with Crippen molar-refractivity contribution in [3.8, 4) is 0 Å². The third-order valence-electron chi connectivity index (χ3n) is 3.43. The smallest absolute Gasteiger partial charge is 0.205 e. The molecule has 0 aliphatic heterocycles. The number of aliphatic hydroxyl groups excluding tert-OH is 1. The van der Waals surface area contributed by atoms with Gasteiger partial charge in [-0.3, -0.25) is 9.59 Å². The van der Waals surface area contributed by atoms with Gasteiger partial charge in [-0.15, -0.1) is 0 Å². The highest BCUT2D eigenvalue weighted by atomic mass is 16.3. The molecule has 1 aromatic carbocycles. The summed E-state index contributed by atoms with van der Waals surface area (Å²) in [7, 11) is 0. The number of carbonyl (C=O) groups excluding carboxylic acids is 2. The Morgan fingerprint density at radius 3 is 2.30 bits per heavy atom. The fourth-order valence-corrected chi connectivity index (χ4v) is 1.99. The van der Waals surface area contributed by atoms with E-state index in [1.54, 1.807) is 13.8 Å². The number of benzene rings is 1. The molecule has 0 fully saturated rings. The monoisotopic (exact) mass is 271 g/mol. The first-order valence-corrected chi connectivity index (χ1v) is 6.48. The third-order valence-corrected chi connectivity index (χ3v) is 3.43. The van der Waals surface area contributed by atoms with E-state index < -0.39 is 0 Å². The summed E-state index contributed by atoms with van der Waals surface area (Å²) in [5.74, 6) is -0.289. The number of rotatable bonds is 4. The number of hydrogen-bond donors (Lipinski definition) is 2. The van der Waals surface area contributed by atoms with E-state index in [0.717, 1.165) is 11.3 Å². The standard InChI is InChI=1S/C16H17NO3/c1-10-11(2)16(20)14(9-15(10)19)17-13-5-3-12(4-6-13)7-8-18/h3-6,9,17-18H,7-8H2,1-2H3. The second-order valence-electron chi connectivity index (χ2n) is 4.80. The number of hydrogen-bond acceptors (Lipinski definition) is 4. The Morgan fingerprint density at radius 2 is 1.70 bits per heavy atom. The number of nitrogens with one attached hydrogen (secondary N) is 1. The summed E-state index contributed by atoms with van der Waals surface area (Å²) in [6.45, 7) is 3.43. The highest BCUT2D eigenvalue weighted by molar-refractivity contribution is 6.23. The Labute approximate surface area is 117 Å². The quantitative estimate of drug-likeness (QED) is 0.822. The van der Waals surface area contributed by atoms with Crippen LogP contribution in [0.25, 0.3) is 0 Å². The molecule has 0 saturated carbocycles. The van der Waals surface area contributed by atoms with Crippen LogP contribution in [0, 0.1) is 0 Å². The predicted octanol–water partition coefficient (Wildman–Crippen LogP) is 2.01. The normalized spacial score (nSPS) is 15.4. The largest absolute Gasteiger partial charge is 0.396 e. The van der Waals surface area contributed by atoms with Gasteiger partial charge >= 0.3 is 0 Å². The number of ketones is 2. The average molecular weight is 271 g/mol. The minimum absolute atomic E-state index is 0.105. The van der Waals surface area contributed by atoms with Crippen molar-refractivity contribution in [3.05, 3.63) is 52.7 Å². The zero-order valence-electron chi connectivity index (χ0n) is 11.6. The lowest BCUT2D eigenvalue weighted by Crippen LogP contribution is -2.21. The lowest BCUT2D eigenvalue weighted by Gasteiger charge is -2.16. The van der Waals surface area contributed by atoms with Gasteiger partial charge in [0.1, 0.15) is 0 Å². The molecule has 4 heteroatoms. The Bertz CT molecular complexity index is 609. The molecule has 0 spiro atoms. The molecule has 0 amide bonds. The van der Waals surface area contributed by atoms with Crippen LogP contribution in [0.15, 0.2) is 47.2 Å². The van der Waals surface area contributed by atoms with Gasteiger partial charge in [0.2, 0.25) is 5.78 Å². The molecule has 0 heterocycles. The number of anilines is 1. The van der Waals surface area contributed by atoms with E-state index in [0.29, 0.717) is 23.3 Å². The van der Waals surface area contributed by atoms with Crippen LogP contribution in [0.1, 0.15) is 19.4 Å². The minimum atomic E-state index is -0.151. The zero-order valence-corrected chi connectivity index (χ0v) is 11.6. The van der Waals surface area contributed by atoms with Crippen LogP contribution in [-0.2, 0) is 16.0 Å². The number of allylic oxidation sites excluding steroid dienone is 3. The molecule has 2 rings (SSSR count). The van der Waals surface area contributed by atoms with Crippen LogP contribution in [0.5, 0.6) is 0 Å². The lowest BCUT2D eigenvalue weighted by atomic mass is 9.95. The van der Waals surface area contributed by atoms with Gasteiger partial charge in [0.25, 0.3) is 0 Å². The van der Waals surface area contributed by atoms with Gasteiger partial charge in [-0.05, 0) is 38.0 Å². The van der Waals surface area contributed by atoms with Gasteiger partial charge in [0.15, 0.2) is 5.78 Å². The van der Waals surface area contributed by atoms with Crippen LogP contribution >= 0.6 is 0 Å². The topological polar surface area (TPSA) is 66.4 Å². The molecule has 0 saturated heterocycles. The van der Waals surface area contributed by atoms with Crippen LogP contribution in [0.4, 0.5) is 5.69 Å². The summed E-state index contributed by atoms with van der Waals surface area (Å²) < 4.78 is 0. The fourth-order valence-electron chi connectivity index (χ4n) is 1.99. The third kappa shape index (κ3) is 2.86. The van der Waals surface area contributed by atoms with E-state index in [4.69, 9.17) is 5.11 Å². The average Bonchev–Trinajstić information content (AvgIpc) is 2.45. The van der Waals surface area contributed by atoms with Crippen molar-refractivity contribution < 1.29 is 14.7 Å². The Kier molecular flexibility index (Phi) is 4.15. The van der Waals surface area contributed by atoms with Gasteiger partial charge in [-0.2, -0.15) is 0 Å². The van der Waals surface area contributed by atoms with E-state index in [2.05, 4.69) is 5.32 Å². The Hall–Kier alpha value is -2.20. The van der Waals surface area contributed by atoms with E-state index in [-0.39, 0.29) is 18.2 Å². The first-order chi connectivity index (χ1) is 9.52. The van der Waals surface area contributed by atoms with Gasteiger partial charge in [-0.25, -0.2) is 0 Å². The summed E-state index contributed by atoms with van der Waals surface area (Å²) in [6, 6.07) is 7.40. The molecule has 104 valence electrons. The second-order valence-corrected chi connectivity index (χ2v) is 4.80. The van der Waals surface area contributed by atoms with Crippen LogP contribution in [0.2, 0.25) is 0 Å². The summed E-state index contributed by atoms with van der Waals surface area (Å²) in [5, 5.41) is 11.8. The molecule has 20 heavy (non-hydrogen) atoms. The SMILES string of the molecule is CC1=C(C)C(=O)C(Nc2ccc(CCO)cc2)=CC1=O. The molecule has 0 atom stereocenters. The van der Waals surface area contributed by atoms with E-state index in [9.17, 15) is 9.59 Å². The summed E-state index contributed by atoms with van der Waals surface area (Å²) >= 11 is 0. The highest BCUT2D eigenvalue weighted by Crippen LogP contribution is 2.21. The minimum Gasteiger partial charge on any atom is -0.396 e. The number of carbonyl (C=O) groups is 2. The first kappa shape index (κ1) is 14.2. The van der Waals surface area contributed by atoms with Crippen molar-refractivity contribution in [2.24, 2.45) is 0 Å². The summed E-state index contributed by atoms with van der Waals surface area (Å²) in [5.41, 5.74) is 3.04. The maximum Gasteiger partial charge on any atom is 0.205 e.